The average molecular weight is 222 g/mol. The molecule has 0 bridgehead atoms. The molecule has 0 spiro atoms. The van der Waals surface area contributed by atoms with E-state index in [1.165, 1.54) is 0 Å². The second-order valence-corrected chi connectivity index (χ2v) is 5.03. The number of hydrogen-bond donors (Lipinski definition) is 2. The summed E-state index contributed by atoms with van der Waals surface area (Å²) in [6, 6.07) is 8.15. The molecule has 0 unspecified atom stereocenters. The molecule has 3 nitrogen and oxygen atoms in total. The van der Waals surface area contributed by atoms with Crippen LogP contribution >= 0.6 is 0 Å². The summed E-state index contributed by atoms with van der Waals surface area (Å²) >= 11 is 0. The number of methoxy groups -OCH3 is 1. The van der Waals surface area contributed by atoms with Gasteiger partial charge in [-0.3, -0.25) is 0 Å². The van der Waals surface area contributed by atoms with E-state index in [0.717, 1.165) is 11.4 Å². The number of benzene rings is 1. The highest BCUT2D eigenvalue weighted by Gasteiger charge is 2.22. The lowest BCUT2D eigenvalue weighted by Gasteiger charge is -2.31. The summed E-state index contributed by atoms with van der Waals surface area (Å²) in [6.07, 6.45) is 0. The molecule has 0 aliphatic carbocycles. The van der Waals surface area contributed by atoms with Gasteiger partial charge in [-0.2, -0.15) is 0 Å². The molecule has 3 heteroatoms. The van der Waals surface area contributed by atoms with Crippen LogP contribution in [0.3, 0.4) is 0 Å². The molecule has 1 aromatic rings. The van der Waals surface area contributed by atoms with Crippen molar-refractivity contribution < 1.29 is 4.74 Å². The standard InChI is InChI=1S/C13H22N2O/c1-13(2,3)12(9-14)15-10-6-5-7-11(8-10)16-4/h5-8,12,15H,9,14H2,1-4H3/t12-/m1/s1. The maximum Gasteiger partial charge on any atom is 0.120 e. The predicted octanol–water partition coefficient (Wildman–Crippen LogP) is 2.48. The van der Waals surface area contributed by atoms with E-state index in [9.17, 15) is 0 Å². The van der Waals surface area contributed by atoms with Crippen LogP contribution in [0.5, 0.6) is 5.75 Å². The fourth-order valence-electron chi connectivity index (χ4n) is 1.54. The first-order valence-electron chi connectivity index (χ1n) is 5.58. The van der Waals surface area contributed by atoms with E-state index >= 15 is 0 Å². The van der Waals surface area contributed by atoms with Crippen LogP contribution in [0.2, 0.25) is 0 Å². The summed E-state index contributed by atoms with van der Waals surface area (Å²) in [5.41, 5.74) is 6.97. The number of nitrogens with one attached hydrogen (secondary N) is 1. The number of ether oxygens (including phenoxy) is 1. The number of hydrogen-bond acceptors (Lipinski definition) is 3. The molecule has 90 valence electrons. The van der Waals surface area contributed by atoms with Crippen molar-refractivity contribution in [2.24, 2.45) is 11.1 Å². The molecule has 0 aliphatic heterocycles. The van der Waals surface area contributed by atoms with Crippen molar-refractivity contribution >= 4 is 5.69 Å². The van der Waals surface area contributed by atoms with Crippen LogP contribution in [-0.2, 0) is 0 Å². The molecule has 0 radical (unpaired) electrons. The summed E-state index contributed by atoms with van der Waals surface area (Å²) in [4.78, 5) is 0. The van der Waals surface area contributed by atoms with Crippen LogP contribution in [0.1, 0.15) is 20.8 Å². The molecule has 0 aliphatic rings. The molecule has 3 N–H and O–H groups in total. The van der Waals surface area contributed by atoms with Gasteiger partial charge in [0.25, 0.3) is 0 Å². The van der Waals surface area contributed by atoms with Crippen LogP contribution in [0.15, 0.2) is 24.3 Å². The Morgan fingerprint density at radius 3 is 2.56 bits per heavy atom. The van der Waals surface area contributed by atoms with E-state index in [0.29, 0.717) is 6.54 Å². The van der Waals surface area contributed by atoms with Gasteiger partial charge in [0, 0.05) is 24.3 Å². The SMILES string of the molecule is COc1cccc(N[C@H](CN)C(C)(C)C)c1. The third kappa shape index (κ3) is 3.42. The largest absolute Gasteiger partial charge is 0.497 e. The highest BCUT2D eigenvalue weighted by molar-refractivity contribution is 5.49. The van der Waals surface area contributed by atoms with E-state index in [-0.39, 0.29) is 11.5 Å². The van der Waals surface area contributed by atoms with Crippen LogP contribution < -0.4 is 15.8 Å². The first kappa shape index (κ1) is 12.8. The van der Waals surface area contributed by atoms with Crippen molar-refractivity contribution in [2.45, 2.75) is 26.8 Å². The van der Waals surface area contributed by atoms with E-state index in [1.807, 2.05) is 24.3 Å². The fraction of sp³-hybridized carbons (Fsp3) is 0.538. The smallest absolute Gasteiger partial charge is 0.120 e. The average Bonchev–Trinajstić information content (AvgIpc) is 2.24. The zero-order chi connectivity index (χ0) is 12.2. The molecule has 0 amide bonds. The minimum Gasteiger partial charge on any atom is -0.497 e. The van der Waals surface area contributed by atoms with Crippen molar-refractivity contribution in [2.75, 3.05) is 19.0 Å². The normalized spacial score (nSPS) is 13.3. The third-order valence-electron chi connectivity index (χ3n) is 2.69. The Morgan fingerprint density at radius 1 is 1.38 bits per heavy atom. The lowest BCUT2D eigenvalue weighted by Crippen LogP contribution is -2.40. The maximum absolute atomic E-state index is 5.78. The van der Waals surface area contributed by atoms with Crippen molar-refractivity contribution in [3.05, 3.63) is 24.3 Å². The summed E-state index contributed by atoms with van der Waals surface area (Å²) in [7, 11) is 1.67. The third-order valence-corrected chi connectivity index (χ3v) is 2.69. The molecule has 1 aromatic carbocycles. The molecule has 16 heavy (non-hydrogen) atoms. The Kier molecular flexibility index (Phi) is 4.19. The van der Waals surface area contributed by atoms with Gasteiger partial charge in [-0.25, -0.2) is 0 Å². The minimum atomic E-state index is 0.137. The Labute approximate surface area is 98.0 Å². The van der Waals surface area contributed by atoms with Gasteiger partial charge in [-0.15, -0.1) is 0 Å². The first-order chi connectivity index (χ1) is 7.47. The van der Waals surface area contributed by atoms with E-state index < -0.39 is 0 Å². The van der Waals surface area contributed by atoms with Gasteiger partial charge >= 0.3 is 0 Å². The lowest BCUT2D eigenvalue weighted by molar-refractivity contribution is 0.345. The molecule has 0 fully saturated rings. The van der Waals surface area contributed by atoms with Gasteiger partial charge in [-0.1, -0.05) is 26.8 Å². The number of anilines is 1. The number of rotatable bonds is 4. The van der Waals surface area contributed by atoms with Gasteiger partial charge in [0.15, 0.2) is 0 Å². The zero-order valence-electron chi connectivity index (χ0n) is 10.6. The minimum absolute atomic E-state index is 0.137. The molecule has 0 saturated heterocycles. The first-order valence-corrected chi connectivity index (χ1v) is 5.58. The zero-order valence-corrected chi connectivity index (χ0v) is 10.6. The predicted molar refractivity (Wildman–Crippen MR) is 68.9 cm³/mol. The van der Waals surface area contributed by atoms with Crippen LogP contribution in [0.25, 0.3) is 0 Å². The fourth-order valence-corrected chi connectivity index (χ4v) is 1.54. The highest BCUT2D eigenvalue weighted by Crippen LogP contribution is 2.24. The summed E-state index contributed by atoms with van der Waals surface area (Å²) in [6.45, 7) is 7.15. The van der Waals surface area contributed by atoms with Crippen LogP contribution in [0, 0.1) is 5.41 Å². The van der Waals surface area contributed by atoms with Crippen molar-refractivity contribution in [1.29, 1.82) is 0 Å². The Balaban J connectivity index is 2.78. The van der Waals surface area contributed by atoms with Gasteiger partial charge in [-0.05, 0) is 17.5 Å². The van der Waals surface area contributed by atoms with Crippen molar-refractivity contribution in [3.63, 3.8) is 0 Å². The van der Waals surface area contributed by atoms with E-state index in [2.05, 4.69) is 26.1 Å². The Morgan fingerprint density at radius 2 is 2.06 bits per heavy atom. The molecular formula is C13H22N2O. The number of nitrogens with two attached hydrogens (primary N) is 1. The molecular weight excluding hydrogens is 200 g/mol. The second-order valence-electron chi connectivity index (χ2n) is 5.03. The Hall–Kier alpha value is -1.22. The molecule has 1 rings (SSSR count). The van der Waals surface area contributed by atoms with Crippen LogP contribution in [-0.4, -0.2) is 19.7 Å². The quantitative estimate of drug-likeness (QED) is 0.822. The summed E-state index contributed by atoms with van der Waals surface area (Å²) < 4.78 is 5.18. The molecule has 1 atom stereocenters. The molecule has 0 aromatic heterocycles. The molecule has 0 heterocycles. The van der Waals surface area contributed by atoms with E-state index in [1.54, 1.807) is 7.11 Å². The van der Waals surface area contributed by atoms with Gasteiger partial charge in [0.1, 0.15) is 5.75 Å². The van der Waals surface area contributed by atoms with Gasteiger partial charge < -0.3 is 15.8 Å². The lowest BCUT2D eigenvalue weighted by atomic mass is 9.86. The Bertz CT molecular complexity index is 331. The van der Waals surface area contributed by atoms with Crippen molar-refractivity contribution in [3.8, 4) is 5.75 Å². The highest BCUT2D eigenvalue weighted by atomic mass is 16.5. The van der Waals surface area contributed by atoms with E-state index in [4.69, 9.17) is 10.5 Å². The maximum atomic E-state index is 5.78. The van der Waals surface area contributed by atoms with Crippen LogP contribution in [0.4, 0.5) is 5.69 Å². The second kappa shape index (κ2) is 5.21. The topological polar surface area (TPSA) is 47.3 Å². The van der Waals surface area contributed by atoms with Gasteiger partial charge in [0.2, 0.25) is 0 Å². The van der Waals surface area contributed by atoms with Gasteiger partial charge in [0.05, 0.1) is 7.11 Å². The summed E-state index contributed by atoms with van der Waals surface area (Å²) in [5.74, 6) is 0.856. The molecule has 0 saturated carbocycles. The monoisotopic (exact) mass is 222 g/mol. The summed E-state index contributed by atoms with van der Waals surface area (Å²) in [5, 5.41) is 3.44. The van der Waals surface area contributed by atoms with Crippen molar-refractivity contribution in [1.82, 2.24) is 0 Å².